The lowest BCUT2D eigenvalue weighted by molar-refractivity contribution is 0.436. The molecule has 0 unspecified atom stereocenters. The topological polar surface area (TPSA) is 63.4 Å². The molecular weight excluding hydrogens is 371 g/mol. The largest absolute Gasteiger partial charge is 0.395 e. The van der Waals surface area contributed by atoms with Crippen molar-refractivity contribution in [1.29, 1.82) is 0 Å². The van der Waals surface area contributed by atoms with Gasteiger partial charge in [0.15, 0.2) is 5.82 Å². The zero-order valence-electron chi connectivity index (χ0n) is 10.9. The van der Waals surface area contributed by atoms with Crippen LogP contribution in [0.15, 0.2) is 28.1 Å². The number of nitrogens with two attached hydrogens (primary N) is 1. The second-order valence-corrected chi connectivity index (χ2v) is 7.16. The summed E-state index contributed by atoms with van der Waals surface area (Å²) in [5.41, 5.74) is 5.19. The zero-order chi connectivity index (χ0) is 15.5. The van der Waals surface area contributed by atoms with Crippen LogP contribution < -0.4 is 5.73 Å². The maximum absolute atomic E-state index is 14.1. The summed E-state index contributed by atoms with van der Waals surface area (Å²) in [5, 5.41) is 0.0394. The van der Waals surface area contributed by atoms with E-state index < -0.39 is 20.7 Å². The van der Waals surface area contributed by atoms with E-state index >= 15 is 0 Å². The van der Waals surface area contributed by atoms with Crippen LogP contribution in [0.5, 0.6) is 0 Å². The average molecular weight is 386 g/mol. The van der Waals surface area contributed by atoms with Crippen molar-refractivity contribution in [3.8, 4) is 0 Å². The van der Waals surface area contributed by atoms with E-state index in [1.54, 1.807) is 0 Å². The fraction of sp³-hybridized carbons (Fsp3) is 0.333. The van der Waals surface area contributed by atoms with Crippen molar-refractivity contribution in [2.24, 2.45) is 0 Å². The molecule has 1 aromatic carbocycles. The monoisotopic (exact) mass is 384 g/mol. The summed E-state index contributed by atoms with van der Waals surface area (Å²) in [4.78, 5) is -0.529. The molecule has 0 spiro atoms. The fourth-order valence-corrected chi connectivity index (χ4v) is 3.80. The number of rotatable bonds is 6. The molecule has 1 rings (SSSR count). The molecule has 0 atom stereocenters. The lowest BCUT2D eigenvalue weighted by Gasteiger charge is -2.21. The SMILES string of the molecule is C=CCN(CCC)S(=O)(=O)c1cc(Cl)c(Br)c(N)c1F. The molecule has 0 aliphatic heterocycles. The Morgan fingerprint density at radius 2 is 2.20 bits per heavy atom. The standard InChI is InChI=1S/C12H15BrClFN2O2S/c1-3-5-17(6-4-2)20(18,19)9-7-8(14)10(13)12(16)11(9)15/h3,7H,1,4-6,16H2,2H3. The molecule has 0 radical (unpaired) electrons. The Balaban J connectivity index is 3.45. The molecule has 0 heterocycles. The van der Waals surface area contributed by atoms with Crippen LogP contribution in [0.3, 0.4) is 0 Å². The highest BCUT2D eigenvalue weighted by molar-refractivity contribution is 9.10. The molecule has 0 amide bonds. The number of anilines is 1. The highest BCUT2D eigenvalue weighted by Gasteiger charge is 2.29. The third kappa shape index (κ3) is 3.33. The van der Waals surface area contributed by atoms with Gasteiger partial charge in [-0.15, -0.1) is 6.58 Å². The summed E-state index contributed by atoms with van der Waals surface area (Å²) in [7, 11) is -4.02. The van der Waals surface area contributed by atoms with Gasteiger partial charge in [0, 0.05) is 13.1 Å². The van der Waals surface area contributed by atoms with Crippen LogP contribution >= 0.6 is 27.5 Å². The Kier molecular flexibility index (Phi) is 6.00. The van der Waals surface area contributed by atoms with Gasteiger partial charge in [0.2, 0.25) is 10.0 Å². The first kappa shape index (κ1) is 17.4. The minimum atomic E-state index is -4.02. The Morgan fingerprint density at radius 3 is 2.70 bits per heavy atom. The number of hydrogen-bond donors (Lipinski definition) is 1. The number of halogens is 3. The van der Waals surface area contributed by atoms with Crippen LogP contribution in [0.4, 0.5) is 10.1 Å². The summed E-state index contributed by atoms with van der Waals surface area (Å²) in [6, 6.07) is 1.05. The number of nitrogens with zero attached hydrogens (tertiary/aromatic N) is 1. The Bertz CT molecular complexity index is 622. The minimum absolute atomic E-state index is 0.0394. The lowest BCUT2D eigenvalue weighted by Crippen LogP contribution is -2.32. The third-order valence-corrected chi connectivity index (χ3v) is 5.83. The van der Waals surface area contributed by atoms with E-state index in [9.17, 15) is 12.8 Å². The molecule has 0 bridgehead atoms. The summed E-state index contributed by atoms with van der Waals surface area (Å²) in [6.07, 6.45) is 2.03. The van der Waals surface area contributed by atoms with Gasteiger partial charge < -0.3 is 5.73 Å². The fourth-order valence-electron chi connectivity index (χ4n) is 1.63. The second kappa shape index (κ2) is 6.89. The predicted octanol–water partition coefficient (Wildman–Crippen LogP) is 3.41. The van der Waals surface area contributed by atoms with Gasteiger partial charge in [-0.05, 0) is 28.4 Å². The summed E-state index contributed by atoms with van der Waals surface area (Å²) >= 11 is 8.87. The van der Waals surface area contributed by atoms with E-state index in [1.807, 2.05) is 6.92 Å². The highest BCUT2D eigenvalue weighted by Crippen LogP contribution is 2.35. The molecule has 1 aromatic rings. The normalized spacial score (nSPS) is 11.8. The quantitative estimate of drug-likeness (QED) is 0.464. The van der Waals surface area contributed by atoms with Crippen molar-refractivity contribution in [2.75, 3.05) is 18.8 Å². The summed E-state index contributed by atoms with van der Waals surface area (Å²) in [5.74, 6) is -1.01. The van der Waals surface area contributed by atoms with Crippen LogP contribution in [-0.2, 0) is 10.0 Å². The molecule has 0 fully saturated rings. The van der Waals surface area contributed by atoms with Crippen molar-refractivity contribution in [1.82, 2.24) is 4.31 Å². The Morgan fingerprint density at radius 1 is 1.60 bits per heavy atom. The Labute approximate surface area is 131 Å². The molecular formula is C12H15BrClFN2O2S. The van der Waals surface area contributed by atoms with E-state index in [0.29, 0.717) is 6.42 Å². The first-order valence-electron chi connectivity index (χ1n) is 5.81. The molecule has 4 nitrogen and oxygen atoms in total. The first-order chi connectivity index (χ1) is 9.27. The number of sulfonamides is 1. The molecule has 112 valence electrons. The number of nitrogen functional groups attached to an aromatic ring is 1. The van der Waals surface area contributed by atoms with Gasteiger partial charge in [0.1, 0.15) is 4.90 Å². The second-order valence-electron chi connectivity index (χ2n) is 4.05. The van der Waals surface area contributed by atoms with Gasteiger partial charge in [0.25, 0.3) is 0 Å². The number of hydrogen-bond acceptors (Lipinski definition) is 3. The molecule has 0 aliphatic rings. The van der Waals surface area contributed by atoms with Crippen LogP contribution in [0, 0.1) is 5.82 Å². The number of benzene rings is 1. The van der Waals surface area contributed by atoms with Crippen LogP contribution in [0.1, 0.15) is 13.3 Å². The van der Waals surface area contributed by atoms with Gasteiger partial charge in [-0.1, -0.05) is 24.6 Å². The molecule has 0 aromatic heterocycles. The van der Waals surface area contributed by atoms with Crippen molar-refractivity contribution < 1.29 is 12.8 Å². The molecule has 2 N–H and O–H groups in total. The highest BCUT2D eigenvalue weighted by atomic mass is 79.9. The average Bonchev–Trinajstić information content (AvgIpc) is 2.40. The van der Waals surface area contributed by atoms with Crippen LogP contribution in [0.25, 0.3) is 0 Å². The van der Waals surface area contributed by atoms with Gasteiger partial charge in [-0.2, -0.15) is 4.31 Å². The van der Waals surface area contributed by atoms with Crippen LogP contribution in [0.2, 0.25) is 5.02 Å². The van der Waals surface area contributed by atoms with Gasteiger partial charge in [-0.25, -0.2) is 12.8 Å². The van der Waals surface area contributed by atoms with E-state index in [2.05, 4.69) is 22.5 Å². The lowest BCUT2D eigenvalue weighted by atomic mass is 10.3. The van der Waals surface area contributed by atoms with Crippen molar-refractivity contribution in [3.05, 3.63) is 34.0 Å². The van der Waals surface area contributed by atoms with Gasteiger partial charge in [0.05, 0.1) is 15.2 Å². The van der Waals surface area contributed by atoms with E-state index in [-0.39, 0.29) is 28.3 Å². The molecule has 0 aliphatic carbocycles. The predicted molar refractivity (Wildman–Crippen MR) is 82.8 cm³/mol. The zero-order valence-corrected chi connectivity index (χ0v) is 14.0. The van der Waals surface area contributed by atoms with E-state index in [1.165, 1.54) is 6.08 Å². The first-order valence-corrected chi connectivity index (χ1v) is 8.42. The molecule has 0 saturated carbocycles. The summed E-state index contributed by atoms with van der Waals surface area (Å²) < 4.78 is 40.3. The molecule has 20 heavy (non-hydrogen) atoms. The smallest absolute Gasteiger partial charge is 0.246 e. The third-order valence-electron chi connectivity index (χ3n) is 2.58. The minimum Gasteiger partial charge on any atom is -0.395 e. The van der Waals surface area contributed by atoms with Crippen molar-refractivity contribution >= 4 is 43.2 Å². The van der Waals surface area contributed by atoms with Gasteiger partial charge >= 0.3 is 0 Å². The van der Waals surface area contributed by atoms with E-state index in [4.69, 9.17) is 17.3 Å². The maximum Gasteiger partial charge on any atom is 0.246 e. The van der Waals surface area contributed by atoms with Crippen LogP contribution in [-0.4, -0.2) is 25.8 Å². The molecule has 8 heteroatoms. The summed E-state index contributed by atoms with van der Waals surface area (Å²) in [6.45, 7) is 5.67. The van der Waals surface area contributed by atoms with Crippen molar-refractivity contribution in [3.63, 3.8) is 0 Å². The van der Waals surface area contributed by atoms with Gasteiger partial charge in [-0.3, -0.25) is 0 Å². The van der Waals surface area contributed by atoms with Crippen molar-refractivity contribution in [2.45, 2.75) is 18.2 Å². The van der Waals surface area contributed by atoms with E-state index in [0.717, 1.165) is 10.4 Å². The maximum atomic E-state index is 14.1. The molecule has 0 saturated heterocycles. The Hall–Kier alpha value is -0.630.